The first-order chi connectivity index (χ1) is 38.9. The normalized spacial score (nSPS) is 11.9. The predicted octanol–water partition coefficient (Wildman–Crippen LogP) is 12.4. The number of H-pyrrole nitrogens is 3. The second kappa shape index (κ2) is 21.2. The number of nitrogens with two attached hydrogens (primary N) is 1. The zero-order valence-electron chi connectivity index (χ0n) is 42.5. The number of thiophene rings is 1. The molecule has 0 bridgehead atoms. The van der Waals surface area contributed by atoms with E-state index >= 15 is 0 Å². The Bertz CT molecular complexity index is 4900. The Labute approximate surface area is 464 Å². The van der Waals surface area contributed by atoms with Gasteiger partial charge in [0.15, 0.2) is 36.4 Å². The van der Waals surface area contributed by atoms with Crippen molar-refractivity contribution < 1.29 is 53.8 Å². The number of oxazole rings is 3. The van der Waals surface area contributed by atoms with Crippen molar-refractivity contribution in [3.8, 4) is 52.0 Å². The summed E-state index contributed by atoms with van der Waals surface area (Å²) in [6.45, 7) is 1.59. The van der Waals surface area contributed by atoms with Crippen LogP contribution in [0.25, 0.3) is 100 Å². The van der Waals surface area contributed by atoms with Crippen LogP contribution < -0.4 is 5.73 Å². The predicted molar refractivity (Wildman–Crippen MR) is 310 cm³/mol. The molecule has 7 aromatic carbocycles. The molecule has 0 aliphatic carbocycles. The van der Waals surface area contributed by atoms with Crippen LogP contribution in [0.1, 0.15) is 6.92 Å². The SMILES string of the molecule is CCS(=O)(=O)c1ccc2[nH]c(O)c(-c3nc4ccccc4o3)c2c1.CS(=O)(=O)c1ccc2[nH]c(O)c(-c3nc4ccccc4o3)c2c1.Nc1cccs1.O=S(=O)(c1ccccc1)c1ccc2[nH]c(O)c(-c3nc4ccccc4o3)c2c1. The number of para-hydroxylation sites is 6. The van der Waals surface area contributed by atoms with E-state index < -0.39 is 29.5 Å². The molecule has 0 saturated heterocycles. The summed E-state index contributed by atoms with van der Waals surface area (Å²) in [6, 6.07) is 47.7. The topological polar surface area (TPSA) is 315 Å². The van der Waals surface area contributed by atoms with Gasteiger partial charge >= 0.3 is 0 Å². The van der Waals surface area contributed by atoms with Crippen molar-refractivity contribution in [2.24, 2.45) is 0 Å². The van der Waals surface area contributed by atoms with Gasteiger partial charge < -0.3 is 49.3 Å². The largest absolute Gasteiger partial charge is 0.494 e. The molecule has 0 atom stereocenters. The Hall–Kier alpha value is -9.68. The zero-order valence-corrected chi connectivity index (χ0v) is 45.8. The Kier molecular flexibility index (Phi) is 13.9. The lowest BCUT2D eigenvalue weighted by atomic mass is 10.1. The average Bonchev–Trinajstić information content (AvgIpc) is 4.45. The van der Waals surface area contributed by atoms with Crippen molar-refractivity contribution in [2.75, 3.05) is 17.7 Å². The number of aromatic hydroxyl groups is 3. The molecule has 19 nitrogen and oxygen atoms in total. The van der Waals surface area contributed by atoms with E-state index in [-0.39, 0.29) is 60.6 Å². The minimum Gasteiger partial charge on any atom is -0.494 e. The van der Waals surface area contributed by atoms with Crippen LogP contribution in [0.2, 0.25) is 0 Å². The van der Waals surface area contributed by atoms with Crippen LogP contribution in [0.15, 0.2) is 208 Å². The van der Waals surface area contributed by atoms with Crippen molar-refractivity contribution in [1.29, 1.82) is 0 Å². The number of nitrogens with one attached hydrogen (secondary N) is 3. The molecule has 14 aromatic rings. The van der Waals surface area contributed by atoms with Gasteiger partial charge in [-0.25, -0.2) is 40.2 Å². The van der Waals surface area contributed by atoms with Gasteiger partial charge in [-0.15, -0.1) is 11.3 Å². The van der Waals surface area contributed by atoms with Crippen molar-refractivity contribution in [1.82, 2.24) is 29.9 Å². The molecule has 81 heavy (non-hydrogen) atoms. The fourth-order valence-corrected chi connectivity index (χ4v) is 12.2. The smallest absolute Gasteiger partial charge is 0.233 e. The molecule has 0 aliphatic heterocycles. The van der Waals surface area contributed by atoms with Crippen LogP contribution in [0.4, 0.5) is 5.00 Å². The zero-order chi connectivity index (χ0) is 56.8. The lowest BCUT2D eigenvalue weighted by Gasteiger charge is -2.05. The van der Waals surface area contributed by atoms with Gasteiger partial charge in [0.05, 0.1) is 30.3 Å². The number of anilines is 1. The number of aromatic nitrogens is 6. The monoisotopic (exact) mass is 1160 g/mol. The van der Waals surface area contributed by atoms with Crippen LogP contribution in [-0.2, 0) is 29.5 Å². The van der Waals surface area contributed by atoms with E-state index in [2.05, 4.69) is 29.9 Å². The van der Waals surface area contributed by atoms with Gasteiger partial charge in [0.2, 0.25) is 45.1 Å². The third kappa shape index (κ3) is 10.6. The molecular formula is C58H45N7O12S4. The first kappa shape index (κ1) is 53.3. The molecule has 408 valence electrons. The van der Waals surface area contributed by atoms with Crippen LogP contribution in [0.3, 0.4) is 0 Å². The van der Waals surface area contributed by atoms with Crippen molar-refractivity contribution in [3.05, 3.63) is 175 Å². The molecule has 0 unspecified atom stereocenters. The summed E-state index contributed by atoms with van der Waals surface area (Å²) >= 11 is 1.56. The van der Waals surface area contributed by atoms with Crippen molar-refractivity contribution in [2.45, 2.75) is 26.5 Å². The summed E-state index contributed by atoms with van der Waals surface area (Å²) in [4.78, 5) is 22.4. The third-order valence-corrected chi connectivity index (χ3v) is 18.2. The maximum Gasteiger partial charge on any atom is 0.233 e. The molecular weight excluding hydrogens is 1110 g/mol. The molecule has 7 aromatic heterocycles. The molecule has 14 rings (SSSR count). The lowest BCUT2D eigenvalue weighted by Crippen LogP contribution is -2.03. The molecule has 23 heteroatoms. The number of hydrogen-bond acceptors (Lipinski definition) is 17. The van der Waals surface area contributed by atoms with Gasteiger partial charge in [0.25, 0.3) is 0 Å². The third-order valence-electron chi connectivity index (χ3n) is 12.8. The first-order valence-corrected chi connectivity index (χ1v) is 30.4. The summed E-state index contributed by atoms with van der Waals surface area (Å²) in [5, 5.41) is 35.3. The Morgan fingerprint density at radius 3 is 1.22 bits per heavy atom. The number of nitrogens with zero attached hydrogens (tertiary/aromatic N) is 3. The Morgan fingerprint density at radius 2 is 0.852 bits per heavy atom. The highest BCUT2D eigenvalue weighted by Crippen LogP contribution is 2.42. The van der Waals surface area contributed by atoms with Gasteiger partial charge in [-0.3, -0.25) is 0 Å². The summed E-state index contributed by atoms with van der Waals surface area (Å²) in [5.74, 6) is 0.356. The van der Waals surface area contributed by atoms with E-state index in [1.165, 1.54) is 36.4 Å². The van der Waals surface area contributed by atoms with E-state index in [0.29, 0.717) is 82.7 Å². The standard InChI is InChI=1S/C21H14N2O4S.C17H14N2O4S.C16H12N2O4S.C4H5NS/c24-20-19(21-23-17-8-4-5-9-18(17)27-21)15-12-14(10-11-16(15)22-20)28(25,26)13-6-2-1-3-7-13;1-2-24(21,22)10-7-8-12-11(9-10)15(16(20)18-12)17-19-13-5-3-4-6-14(13)23-17;1-23(20,21)9-6-7-11-10(8-9)14(15(19)17-11)16-18-12-4-2-3-5-13(12)22-16;5-4-2-1-3-6-4/h1-12,22,24H;3-9,18,20H,2H2,1H3;2-8,17,19H,1H3;1-3H,5H2. The van der Waals surface area contributed by atoms with Crippen LogP contribution in [0.5, 0.6) is 17.6 Å². The van der Waals surface area contributed by atoms with Gasteiger partial charge in [0.1, 0.15) is 33.2 Å². The minimum atomic E-state index is -3.69. The maximum atomic E-state index is 13.0. The highest BCUT2D eigenvalue weighted by Gasteiger charge is 2.25. The van der Waals surface area contributed by atoms with Crippen molar-refractivity contribution >= 4 is 112 Å². The molecule has 0 amide bonds. The van der Waals surface area contributed by atoms with E-state index in [4.69, 9.17) is 19.0 Å². The second-order valence-corrected chi connectivity index (χ2v) is 25.4. The summed E-state index contributed by atoms with van der Waals surface area (Å²) in [7, 11) is -10.4. The minimum absolute atomic E-state index is 0.00708. The highest BCUT2D eigenvalue weighted by atomic mass is 32.2. The van der Waals surface area contributed by atoms with Crippen LogP contribution >= 0.6 is 11.3 Å². The number of benzene rings is 7. The highest BCUT2D eigenvalue weighted by molar-refractivity contribution is 7.91. The number of rotatable bonds is 8. The second-order valence-electron chi connectivity index (χ2n) is 18.1. The Balaban J connectivity index is 0.000000122. The number of nitrogen functional groups attached to an aromatic ring is 1. The van der Waals surface area contributed by atoms with Gasteiger partial charge in [0, 0.05) is 39.0 Å². The van der Waals surface area contributed by atoms with Crippen LogP contribution in [-0.4, -0.2) is 82.5 Å². The molecule has 7 heterocycles. The summed E-state index contributed by atoms with van der Waals surface area (Å²) in [5.41, 5.74) is 11.9. The number of sulfone groups is 3. The molecule has 0 saturated carbocycles. The summed E-state index contributed by atoms with van der Waals surface area (Å²) in [6.07, 6.45) is 1.14. The fraction of sp³-hybridized carbons (Fsp3) is 0.0517. The van der Waals surface area contributed by atoms with Gasteiger partial charge in [-0.05, 0) is 121 Å². The summed E-state index contributed by atoms with van der Waals surface area (Å²) < 4.78 is 90.9. The maximum absolute atomic E-state index is 13.0. The Morgan fingerprint density at radius 1 is 0.469 bits per heavy atom. The van der Waals surface area contributed by atoms with E-state index in [0.717, 1.165) is 11.3 Å². The van der Waals surface area contributed by atoms with Crippen molar-refractivity contribution in [3.63, 3.8) is 0 Å². The van der Waals surface area contributed by atoms with E-state index in [1.807, 2.05) is 53.9 Å². The van der Waals surface area contributed by atoms with E-state index in [1.54, 1.807) is 103 Å². The van der Waals surface area contributed by atoms with Gasteiger partial charge in [-0.1, -0.05) is 61.5 Å². The van der Waals surface area contributed by atoms with Gasteiger partial charge in [-0.2, -0.15) is 0 Å². The number of fused-ring (bicyclic) bond motifs is 6. The molecule has 0 radical (unpaired) electrons. The quantitative estimate of drug-likeness (QED) is 0.0743. The average molecular weight is 1160 g/mol. The van der Waals surface area contributed by atoms with Crippen LogP contribution in [0, 0.1) is 0 Å². The van der Waals surface area contributed by atoms with E-state index in [9.17, 15) is 40.6 Å². The first-order valence-electron chi connectivity index (χ1n) is 24.5. The molecule has 0 fully saturated rings. The molecule has 0 aliphatic rings. The molecule has 8 N–H and O–H groups in total. The number of aromatic amines is 3. The molecule has 0 spiro atoms. The fourth-order valence-electron chi connectivity index (χ4n) is 8.84. The number of hydrogen-bond donors (Lipinski definition) is 7. The lowest BCUT2D eigenvalue weighted by molar-refractivity contribution is 0.457.